The number of benzene rings is 3. The van der Waals surface area contributed by atoms with Crippen LogP contribution in [0.3, 0.4) is 0 Å². The van der Waals surface area contributed by atoms with Gasteiger partial charge in [-0.1, -0.05) is 24.3 Å². The van der Waals surface area contributed by atoms with Crippen molar-refractivity contribution in [3.63, 3.8) is 0 Å². The highest BCUT2D eigenvalue weighted by atomic mass is 32.2. The lowest BCUT2D eigenvalue weighted by Gasteiger charge is -2.14. The molecule has 3 aromatic rings. The maximum Gasteiger partial charge on any atom is 0.261 e. The molecule has 1 aliphatic rings. The van der Waals surface area contributed by atoms with Gasteiger partial charge in [0.1, 0.15) is 6.10 Å². The van der Waals surface area contributed by atoms with E-state index in [2.05, 4.69) is 15.4 Å². The van der Waals surface area contributed by atoms with Gasteiger partial charge in [-0.15, -0.1) is 0 Å². The second-order valence-corrected chi connectivity index (χ2v) is 10.1. The summed E-state index contributed by atoms with van der Waals surface area (Å²) in [6, 6.07) is 18.1. The number of sulfonamides is 1. The first-order valence-corrected chi connectivity index (χ1v) is 12.7. The summed E-state index contributed by atoms with van der Waals surface area (Å²) in [4.78, 5) is 25.1. The second kappa shape index (κ2) is 10.3. The van der Waals surface area contributed by atoms with Crippen molar-refractivity contribution < 1.29 is 22.7 Å². The number of ether oxygens (including phenoxy) is 1. The summed E-state index contributed by atoms with van der Waals surface area (Å²) < 4.78 is 33.7. The number of carbonyl (C=O) groups is 2. The minimum absolute atomic E-state index is 0.0805. The number of amides is 2. The maximum atomic E-state index is 12.8. The molecule has 1 fully saturated rings. The van der Waals surface area contributed by atoms with Crippen LogP contribution in [0.2, 0.25) is 0 Å². The third-order valence-electron chi connectivity index (χ3n) is 5.75. The van der Waals surface area contributed by atoms with Crippen molar-refractivity contribution in [3.05, 3.63) is 83.4 Å². The molecule has 8 nitrogen and oxygen atoms in total. The van der Waals surface area contributed by atoms with Crippen LogP contribution < -0.4 is 15.4 Å². The van der Waals surface area contributed by atoms with E-state index in [1.54, 1.807) is 24.3 Å². The molecule has 2 amide bonds. The summed E-state index contributed by atoms with van der Waals surface area (Å²) in [6.07, 6.45) is 1.06. The Bertz CT molecular complexity index is 1330. The van der Waals surface area contributed by atoms with Crippen molar-refractivity contribution in [3.8, 4) is 0 Å². The number of anilines is 3. The highest BCUT2D eigenvalue weighted by molar-refractivity contribution is 7.92. The Kier molecular flexibility index (Phi) is 7.18. The number of carbonyl (C=O) groups excluding carboxylic acids is 2. The van der Waals surface area contributed by atoms with Gasteiger partial charge in [-0.05, 0) is 80.3 Å². The SMILES string of the molecule is Cc1cccc(C)c1NS(=O)(=O)c1ccc(NC(=O)c2cccc(NC(=O)C3CCCO3)c2)cc1. The summed E-state index contributed by atoms with van der Waals surface area (Å²) in [5.74, 6) is -0.617. The third-order valence-corrected chi connectivity index (χ3v) is 7.12. The largest absolute Gasteiger partial charge is 0.368 e. The van der Waals surface area contributed by atoms with Gasteiger partial charge in [-0.25, -0.2) is 8.42 Å². The average Bonchev–Trinajstić information content (AvgIpc) is 3.37. The first kappa shape index (κ1) is 24.4. The Labute approximate surface area is 204 Å². The smallest absolute Gasteiger partial charge is 0.261 e. The molecular weight excluding hydrogens is 466 g/mol. The first-order valence-electron chi connectivity index (χ1n) is 11.3. The zero-order chi connectivity index (χ0) is 25.0. The Morgan fingerprint density at radius 2 is 1.57 bits per heavy atom. The Balaban J connectivity index is 1.42. The second-order valence-electron chi connectivity index (χ2n) is 8.42. The highest BCUT2D eigenvalue weighted by Crippen LogP contribution is 2.24. The number of aryl methyl sites for hydroxylation is 2. The van der Waals surface area contributed by atoms with E-state index in [0.29, 0.717) is 35.7 Å². The van der Waals surface area contributed by atoms with Gasteiger partial charge in [-0.3, -0.25) is 14.3 Å². The molecule has 1 unspecified atom stereocenters. The molecule has 0 bridgehead atoms. The molecule has 1 saturated heterocycles. The van der Waals surface area contributed by atoms with Crippen LogP contribution in [0.4, 0.5) is 17.1 Å². The topological polar surface area (TPSA) is 114 Å². The molecule has 0 spiro atoms. The maximum absolute atomic E-state index is 12.8. The van der Waals surface area contributed by atoms with Crippen molar-refractivity contribution in [2.45, 2.75) is 37.7 Å². The van der Waals surface area contributed by atoms with E-state index in [-0.39, 0.29) is 16.7 Å². The molecule has 1 atom stereocenters. The van der Waals surface area contributed by atoms with Gasteiger partial charge in [0.25, 0.3) is 21.8 Å². The minimum atomic E-state index is -3.79. The molecule has 4 rings (SSSR count). The van der Waals surface area contributed by atoms with Gasteiger partial charge in [-0.2, -0.15) is 0 Å². The Morgan fingerprint density at radius 3 is 2.23 bits per heavy atom. The number of hydrogen-bond acceptors (Lipinski definition) is 5. The summed E-state index contributed by atoms with van der Waals surface area (Å²) in [7, 11) is -3.79. The van der Waals surface area contributed by atoms with Crippen molar-refractivity contribution in [2.24, 2.45) is 0 Å². The predicted octanol–water partition coefficient (Wildman–Crippen LogP) is 4.47. The molecule has 3 N–H and O–H groups in total. The van der Waals surface area contributed by atoms with E-state index in [9.17, 15) is 18.0 Å². The molecule has 182 valence electrons. The number of hydrogen-bond donors (Lipinski definition) is 3. The molecule has 35 heavy (non-hydrogen) atoms. The first-order chi connectivity index (χ1) is 16.7. The highest BCUT2D eigenvalue weighted by Gasteiger charge is 2.23. The van der Waals surface area contributed by atoms with Crippen LogP contribution in [-0.2, 0) is 19.6 Å². The lowest BCUT2D eigenvalue weighted by molar-refractivity contribution is -0.124. The zero-order valence-corrected chi connectivity index (χ0v) is 20.3. The van der Waals surface area contributed by atoms with Gasteiger partial charge < -0.3 is 15.4 Å². The van der Waals surface area contributed by atoms with Gasteiger partial charge in [0, 0.05) is 23.5 Å². The minimum Gasteiger partial charge on any atom is -0.368 e. The fourth-order valence-electron chi connectivity index (χ4n) is 3.83. The monoisotopic (exact) mass is 493 g/mol. The van der Waals surface area contributed by atoms with Crippen molar-refractivity contribution in [1.29, 1.82) is 0 Å². The molecule has 0 saturated carbocycles. The molecule has 0 aliphatic carbocycles. The van der Waals surface area contributed by atoms with Gasteiger partial charge in [0.05, 0.1) is 10.6 Å². The Morgan fingerprint density at radius 1 is 0.886 bits per heavy atom. The van der Waals surface area contributed by atoms with Crippen molar-refractivity contribution in [2.75, 3.05) is 22.0 Å². The fraction of sp³-hybridized carbons (Fsp3) is 0.231. The van der Waals surface area contributed by atoms with E-state index in [1.165, 1.54) is 24.3 Å². The van der Waals surface area contributed by atoms with E-state index in [1.807, 2.05) is 32.0 Å². The van der Waals surface area contributed by atoms with Gasteiger partial charge in [0.15, 0.2) is 0 Å². The van der Waals surface area contributed by atoms with E-state index >= 15 is 0 Å². The predicted molar refractivity (Wildman–Crippen MR) is 135 cm³/mol. The summed E-state index contributed by atoms with van der Waals surface area (Å²) in [6.45, 7) is 4.25. The summed E-state index contributed by atoms with van der Waals surface area (Å²) in [5, 5.41) is 5.53. The lowest BCUT2D eigenvalue weighted by Crippen LogP contribution is -2.27. The molecule has 3 aromatic carbocycles. The Hall–Kier alpha value is -3.69. The van der Waals surface area contributed by atoms with Gasteiger partial charge in [0.2, 0.25) is 0 Å². The number of rotatable bonds is 7. The number of nitrogens with one attached hydrogen (secondary N) is 3. The lowest BCUT2D eigenvalue weighted by atomic mass is 10.1. The van der Waals surface area contributed by atoms with E-state index in [0.717, 1.165) is 17.5 Å². The normalized spacial score (nSPS) is 15.4. The standard InChI is InChI=1S/C26H27N3O5S/c1-17-6-3-7-18(2)24(17)29-35(32,33)22-13-11-20(12-14-22)27-25(30)19-8-4-9-21(16-19)28-26(31)23-10-5-15-34-23/h3-4,6-9,11-14,16,23,29H,5,10,15H2,1-2H3,(H,27,30)(H,28,31). The quantitative estimate of drug-likeness (QED) is 0.449. The van der Waals surface area contributed by atoms with Crippen LogP contribution in [0.25, 0.3) is 0 Å². The summed E-state index contributed by atoms with van der Waals surface area (Å²) in [5.41, 5.74) is 3.49. The molecule has 1 heterocycles. The molecule has 1 aliphatic heterocycles. The van der Waals surface area contributed by atoms with Crippen LogP contribution in [0.1, 0.15) is 34.3 Å². The molecule has 0 radical (unpaired) electrons. The van der Waals surface area contributed by atoms with Gasteiger partial charge >= 0.3 is 0 Å². The molecule has 9 heteroatoms. The van der Waals surface area contributed by atoms with Crippen LogP contribution in [0.5, 0.6) is 0 Å². The van der Waals surface area contributed by atoms with Crippen LogP contribution >= 0.6 is 0 Å². The average molecular weight is 494 g/mol. The van der Waals surface area contributed by atoms with Crippen LogP contribution in [0, 0.1) is 13.8 Å². The zero-order valence-electron chi connectivity index (χ0n) is 19.5. The van der Waals surface area contributed by atoms with E-state index < -0.39 is 16.1 Å². The van der Waals surface area contributed by atoms with Crippen LogP contribution in [0.15, 0.2) is 71.6 Å². The molecule has 0 aromatic heterocycles. The van der Waals surface area contributed by atoms with Crippen molar-refractivity contribution >= 4 is 38.9 Å². The van der Waals surface area contributed by atoms with Crippen LogP contribution in [-0.4, -0.2) is 32.9 Å². The molecular formula is C26H27N3O5S. The van der Waals surface area contributed by atoms with E-state index in [4.69, 9.17) is 4.74 Å². The number of para-hydroxylation sites is 1. The third kappa shape index (κ3) is 5.87. The summed E-state index contributed by atoms with van der Waals surface area (Å²) >= 11 is 0. The van der Waals surface area contributed by atoms with Crippen molar-refractivity contribution in [1.82, 2.24) is 0 Å². The fourth-order valence-corrected chi connectivity index (χ4v) is 5.04.